The molecule has 1 aromatic heterocycles. The van der Waals surface area contributed by atoms with Crippen LogP contribution in [0, 0.1) is 6.92 Å². The third-order valence-electron chi connectivity index (χ3n) is 1.69. The molecule has 0 bridgehead atoms. The highest BCUT2D eigenvalue weighted by molar-refractivity contribution is 7.15. The molecule has 1 aromatic rings. The molecule has 0 radical (unpaired) electrons. The number of carbonyl (C=O) groups excluding carboxylic acids is 2. The standard InChI is InChI=1S/C8H12N4O2S/c1-5-10-11-8(15-5)9-7(14)4-12(3)6(2)13/h4H2,1-3H3,(H,9,11,14). The number of aryl methyl sites for hydroxylation is 1. The summed E-state index contributed by atoms with van der Waals surface area (Å²) in [6, 6.07) is 0. The van der Waals surface area contributed by atoms with E-state index in [1.165, 1.54) is 23.2 Å². The minimum Gasteiger partial charge on any atom is -0.337 e. The third-order valence-corrected chi connectivity index (χ3v) is 2.44. The summed E-state index contributed by atoms with van der Waals surface area (Å²) in [5.41, 5.74) is 0. The Labute approximate surface area is 91.3 Å². The highest BCUT2D eigenvalue weighted by Gasteiger charge is 2.10. The van der Waals surface area contributed by atoms with E-state index in [-0.39, 0.29) is 18.4 Å². The van der Waals surface area contributed by atoms with Crippen molar-refractivity contribution in [3.05, 3.63) is 5.01 Å². The van der Waals surface area contributed by atoms with Gasteiger partial charge in [-0.3, -0.25) is 14.9 Å². The predicted octanol–water partition coefficient (Wildman–Crippen LogP) is 0.263. The molecule has 0 unspecified atom stereocenters. The lowest BCUT2D eigenvalue weighted by molar-refractivity contribution is -0.131. The van der Waals surface area contributed by atoms with Crippen molar-refractivity contribution < 1.29 is 9.59 Å². The summed E-state index contributed by atoms with van der Waals surface area (Å²) < 4.78 is 0. The van der Waals surface area contributed by atoms with E-state index >= 15 is 0 Å². The molecule has 0 aliphatic rings. The Bertz CT molecular complexity index is 376. The van der Waals surface area contributed by atoms with Crippen molar-refractivity contribution in [1.82, 2.24) is 15.1 Å². The van der Waals surface area contributed by atoms with E-state index in [0.29, 0.717) is 5.13 Å². The number of rotatable bonds is 3. The van der Waals surface area contributed by atoms with E-state index in [0.717, 1.165) is 5.01 Å². The molecule has 15 heavy (non-hydrogen) atoms. The number of carbonyl (C=O) groups is 2. The minimum atomic E-state index is -0.274. The van der Waals surface area contributed by atoms with Gasteiger partial charge >= 0.3 is 0 Å². The van der Waals surface area contributed by atoms with Crippen molar-refractivity contribution in [2.75, 3.05) is 18.9 Å². The lowest BCUT2D eigenvalue weighted by atomic mass is 10.5. The Morgan fingerprint density at radius 2 is 2.13 bits per heavy atom. The molecule has 1 heterocycles. The molecule has 6 nitrogen and oxygen atoms in total. The topological polar surface area (TPSA) is 75.2 Å². The first-order valence-corrected chi connectivity index (χ1v) is 5.12. The Kier molecular flexibility index (Phi) is 3.73. The van der Waals surface area contributed by atoms with Crippen LogP contribution in [0.15, 0.2) is 0 Å². The van der Waals surface area contributed by atoms with Crippen LogP contribution in [0.1, 0.15) is 11.9 Å². The van der Waals surface area contributed by atoms with Gasteiger partial charge in [0, 0.05) is 14.0 Å². The summed E-state index contributed by atoms with van der Waals surface area (Å²) in [5.74, 6) is -0.428. The molecular weight excluding hydrogens is 216 g/mol. The van der Waals surface area contributed by atoms with E-state index in [9.17, 15) is 9.59 Å². The van der Waals surface area contributed by atoms with Gasteiger partial charge in [-0.25, -0.2) is 0 Å². The van der Waals surface area contributed by atoms with Crippen LogP contribution in [0.2, 0.25) is 0 Å². The third kappa shape index (κ3) is 3.62. The molecule has 0 aromatic carbocycles. The minimum absolute atomic E-state index is 0.0218. The number of likely N-dealkylation sites (N-methyl/N-ethyl adjacent to an activating group) is 1. The van der Waals surface area contributed by atoms with Crippen LogP contribution >= 0.6 is 11.3 Å². The van der Waals surface area contributed by atoms with Crippen LogP contribution < -0.4 is 5.32 Å². The summed E-state index contributed by atoms with van der Waals surface area (Å²) in [6.07, 6.45) is 0. The first kappa shape index (κ1) is 11.6. The van der Waals surface area contributed by atoms with Gasteiger partial charge in [-0.05, 0) is 6.92 Å². The van der Waals surface area contributed by atoms with Gasteiger partial charge in [0.15, 0.2) is 0 Å². The van der Waals surface area contributed by atoms with Crippen molar-refractivity contribution in [2.45, 2.75) is 13.8 Å². The zero-order valence-corrected chi connectivity index (χ0v) is 9.59. The lowest BCUT2D eigenvalue weighted by Gasteiger charge is -2.12. The molecule has 0 aliphatic heterocycles. The quantitative estimate of drug-likeness (QED) is 0.805. The maximum absolute atomic E-state index is 11.4. The molecule has 0 saturated heterocycles. The SMILES string of the molecule is CC(=O)N(C)CC(=O)Nc1nnc(C)s1. The summed E-state index contributed by atoms with van der Waals surface area (Å²) in [6.45, 7) is 3.23. The average molecular weight is 228 g/mol. The molecule has 0 fully saturated rings. The van der Waals surface area contributed by atoms with Crippen LogP contribution in [-0.4, -0.2) is 40.5 Å². The lowest BCUT2D eigenvalue weighted by Crippen LogP contribution is -2.33. The molecular formula is C8H12N4O2S. The molecule has 0 aliphatic carbocycles. The van der Waals surface area contributed by atoms with Gasteiger partial charge in [-0.2, -0.15) is 0 Å². The zero-order chi connectivity index (χ0) is 11.4. The van der Waals surface area contributed by atoms with E-state index in [2.05, 4.69) is 15.5 Å². The molecule has 0 saturated carbocycles. The number of anilines is 1. The summed E-state index contributed by atoms with van der Waals surface area (Å²) in [4.78, 5) is 23.5. The monoisotopic (exact) mass is 228 g/mol. The second-order valence-electron chi connectivity index (χ2n) is 3.05. The van der Waals surface area contributed by atoms with E-state index in [1.807, 2.05) is 0 Å². The maximum atomic E-state index is 11.4. The van der Waals surface area contributed by atoms with Gasteiger partial charge in [-0.15, -0.1) is 10.2 Å². The van der Waals surface area contributed by atoms with Crippen molar-refractivity contribution in [3.8, 4) is 0 Å². The van der Waals surface area contributed by atoms with Crippen LogP contribution in [0.3, 0.4) is 0 Å². The highest BCUT2D eigenvalue weighted by atomic mass is 32.1. The number of hydrogen-bond acceptors (Lipinski definition) is 5. The predicted molar refractivity (Wildman–Crippen MR) is 56.6 cm³/mol. The van der Waals surface area contributed by atoms with Gasteiger partial charge in [0.05, 0.1) is 6.54 Å². The smallest absolute Gasteiger partial charge is 0.245 e. The van der Waals surface area contributed by atoms with Crippen molar-refractivity contribution >= 4 is 28.3 Å². The molecule has 82 valence electrons. The van der Waals surface area contributed by atoms with Crippen LogP contribution in [-0.2, 0) is 9.59 Å². The van der Waals surface area contributed by atoms with Crippen molar-refractivity contribution in [1.29, 1.82) is 0 Å². The van der Waals surface area contributed by atoms with Gasteiger partial charge in [0.1, 0.15) is 5.01 Å². The number of hydrogen-bond donors (Lipinski definition) is 1. The first-order valence-electron chi connectivity index (χ1n) is 4.30. The second-order valence-corrected chi connectivity index (χ2v) is 4.23. The molecule has 7 heteroatoms. The van der Waals surface area contributed by atoms with Crippen LogP contribution in [0.4, 0.5) is 5.13 Å². The highest BCUT2D eigenvalue weighted by Crippen LogP contribution is 2.13. The molecule has 0 spiro atoms. The van der Waals surface area contributed by atoms with Crippen molar-refractivity contribution in [3.63, 3.8) is 0 Å². The fourth-order valence-electron chi connectivity index (χ4n) is 0.833. The van der Waals surface area contributed by atoms with Crippen LogP contribution in [0.5, 0.6) is 0 Å². The van der Waals surface area contributed by atoms with Gasteiger partial charge in [0.25, 0.3) is 0 Å². The molecule has 0 atom stereocenters. The summed E-state index contributed by atoms with van der Waals surface area (Å²) >= 11 is 1.29. The number of amides is 2. The van der Waals surface area contributed by atoms with E-state index in [4.69, 9.17) is 0 Å². The zero-order valence-electron chi connectivity index (χ0n) is 8.77. The van der Waals surface area contributed by atoms with Gasteiger partial charge in [-0.1, -0.05) is 11.3 Å². The van der Waals surface area contributed by atoms with Gasteiger partial charge < -0.3 is 4.90 Å². The maximum Gasteiger partial charge on any atom is 0.245 e. The summed E-state index contributed by atoms with van der Waals surface area (Å²) in [7, 11) is 1.56. The largest absolute Gasteiger partial charge is 0.337 e. The molecule has 2 amide bonds. The Morgan fingerprint density at radius 1 is 1.47 bits per heavy atom. The van der Waals surface area contributed by atoms with Crippen LogP contribution in [0.25, 0.3) is 0 Å². The Morgan fingerprint density at radius 3 is 2.60 bits per heavy atom. The molecule has 1 rings (SSSR count). The average Bonchev–Trinajstić information content (AvgIpc) is 2.50. The van der Waals surface area contributed by atoms with Gasteiger partial charge in [0.2, 0.25) is 16.9 Å². The number of nitrogens with one attached hydrogen (secondary N) is 1. The second kappa shape index (κ2) is 4.83. The molecule has 1 N–H and O–H groups in total. The summed E-state index contributed by atoms with van der Waals surface area (Å²) in [5, 5.41) is 11.3. The first-order chi connectivity index (χ1) is 6.99. The Hall–Kier alpha value is -1.50. The number of nitrogens with zero attached hydrogens (tertiary/aromatic N) is 3. The Balaban J connectivity index is 2.46. The van der Waals surface area contributed by atoms with Crippen molar-refractivity contribution in [2.24, 2.45) is 0 Å². The van der Waals surface area contributed by atoms with E-state index in [1.54, 1.807) is 14.0 Å². The fourth-order valence-corrected chi connectivity index (χ4v) is 1.44. The number of aromatic nitrogens is 2. The normalized spacial score (nSPS) is 9.80. The van der Waals surface area contributed by atoms with E-state index < -0.39 is 0 Å². The fraction of sp³-hybridized carbons (Fsp3) is 0.500.